The largest absolute Gasteiger partial charge is 0.324 e. The van der Waals surface area contributed by atoms with Crippen molar-refractivity contribution < 1.29 is 19.3 Å². The first-order valence-corrected chi connectivity index (χ1v) is 10.7. The zero-order chi connectivity index (χ0) is 22.4. The van der Waals surface area contributed by atoms with Crippen molar-refractivity contribution in [3.63, 3.8) is 0 Å². The van der Waals surface area contributed by atoms with E-state index in [1.807, 2.05) is 23.1 Å². The Bertz CT molecular complexity index is 1250. The summed E-state index contributed by atoms with van der Waals surface area (Å²) in [4.78, 5) is 54.7. The maximum absolute atomic E-state index is 13.8. The van der Waals surface area contributed by atoms with Gasteiger partial charge in [0.15, 0.2) is 0 Å². The van der Waals surface area contributed by atoms with Crippen LogP contribution in [-0.4, -0.2) is 40.1 Å². The molecule has 0 aliphatic carbocycles. The SMILES string of the molecule is O=C1[C@H]2[C@@H](C(=O)N1c1cc([N+](=O)[O-])ccc1Cl)[C@]1(C(=O)Nc3ccccc31)N1CCC[C@@H]21. The highest BCUT2D eigenvalue weighted by Gasteiger charge is 2.74. The quantitative estimate of drug-likeness (QED) is 0.426. The van der Waals surface area contributed by atoms with Crippen molar-refractivity contribution in [1.29, 1.82) is 0 Å². The molecule has 0 radical (unpaired) electrons. The number of para-hydroxylation sites is 1. The maximum atomic E-state index is 13.8. The number of benzene rings is 2. The van der Waals surface area contributed by atoms with Gasteiger partial charge in [0.25, 0.3) is 5.69 Å². The molecular weight excluding hydrogens is 436 g/mol. The van der Waals surface area contributed by atoms with E-state index in [0.717, 1.165) is 17.4 Å². The topological polar surface area (TPSA) is 113 Å². The van der Waals surface area contributed by atoms with Crippen LogP contribution in [0.2, 0.25) is 5.02 Å². The number of hydrogen-bond donors (Lipinski definition) is 1. The molecule has 162 valence electrons. The van der Waals surface area contributed by atoms with Crippen LogP contribution in [-0.2, 0) is 19.9 Å². The number of anilines is 2. The van der Waals surface area contributed by atoms with E-state index in [1.165, 1.54) is 12.1 Å². The molecule has 2 aromatic carbocycles. The molecule has 6 rings (SSSR count). The summed E-state index contributed by atoms with van der Waals surface area (Å²) in [7, 11) is 0. The third kappa shape index (κ3) is 2.14. The molecule has 0 bridgehead atoms. The molecule has 4 heterocycles. The second kappa shape index (κ2) is 6.36. The number of carbonyl (C=O) groups excluding carboxylic acids is 3. The van der Waals surface area contributed by atoms with Crippen LogP contribution in [0.3, 0.4) is 0 Å². The number of imide groups is 1. The van der Waals surface area contributed by atoms with E-state index in [-0.39, 0.29) is 28.3 Å². The van der Waals surface area contributed by atoms with E-state index in [1.54, 1.807) is 6.07 Å². The van der Waals surface area contributed by atoms with Crippen LogP contribution >= 0.6 is 11.6 Å². The monoisotopic (exact) mass is 452 g/mol. The summed E-state index contributed by atoms with van der Waals surface area (Å²) in [5.74, 6) is -2.99. The summed E-state index contributed by atoms with van der Waals surface area (Å²) in [5, 5.41) is 14.3. The molecule has 10 heteroatoms. The minimum atomic E-state index is -1.28. The molecule has 4 atom stereocenters. The van der Waals surface area contributed by atoms with E-state index < -0.39 is 34.1 Å². The van der Waals surface area contributed by atoms with Gasteiger partial charge < -0.3 is 5.32 Å². The summed E-state index contributed by atoms with van der Waals surface area (Å²) in [6.45, 7) is 0.609. The van der Waals surface area contributed by atoms with E-state index in [2.05, 4.69) is 5.32 Å². The Morgan fingerprint density at radius 3 is 2.69 bits per heavy atom. The van der Waals surface area contributed by atoms with Gasteiger partial charge in [-0.1, -0.05) is 29.8 Å². The van der Waals surface area contributed by atoms with Crippen LogP contribution in [0.1, 0.15) is 18.4 Å². The van der Waals surface area contributed by atoms with Crippen molar-refractivity contribution >= 4 is 46.4 Å². The Morgan fingerprint density at radius 2 is 1.91 bits per heavy atom. The summed E-state index contributed by atoms with van der Waals surface area (Å²) in [6.07, 6.45) is 1.50. The van der Waals surface area contributed by atoms with Gasteiger partial charge in [0.05, 0.1) is 27.5 Å². The van der Waals surface area contributed by atoms with Crippen molar-refractivity contribution in [2.24, 2.45) is 11.8 Å². The van der Waals surface area contributed by atoms with Gasteiger partial charge in [-0.25, -0.2) is 4.90 Å². The van der Waals surface area contributed by atoms with Gasteiger partial charge in [-0.15, -0.1) is 0 Å². The lowest BCUT2D eigenvalue weighted by Crippen LogP contribution is -2.54. The van der Waals surface area contributed by atoms with Gasteiger partial charge in [-0.05, 0) is 31.5 Å². The Hall–Kier alpha value is -3.30. The Kier molecular flexibility index (Phi) is 3.86. The van der Waals surface area contributed by atoms with Crippen molar-refractivity contribution in [3.8, 4) is 0 Å². The van der Waals surface area contributed by atoms with Crippen molar-refractivity contribution in [3.05, 3.63) is 63.2 Å². The summed E-state index contributed by atoms with van der Waals surface area (Å²) < 4.78 is 0. The lowest BCUT2D eigenvalue weighted by atomic mass is 9.75. The van der Waals surface area contributed by atoms with Gasteiger partial charge in [-0.3, -0.25) is 29.4 Å². The number of nitrogens with one attached hydrogen (secondary N) is 1. The number of rotatable bonds is 2. The summed E-state index contributed by atoms with van der Waals surface area (Å²) >= 11 is 6.28. The standard InChI is InChI=1S/C22H17ClN4O5/c23-13-8-7-11(27(31)32)10-16(13)26-19(28)17-15-6-3-9-25(15)22(18(17)20(26)29)12-4-1-2-5-14(12)24-21(22)30/h1-2,4-5,7-8,10,15,17-18H,3,6,9H2,(H,24,30)/t15-,17+,18-,22+/m0/s1. The predicted molar refractivity (Wildman–Crippen MR) is 114 cm³/mol. The molecular formula is C22H17ClN4O5. The minimum Gasteiger partial charge on any atom is -0.324 e. The molecule has 4 aliphatic heterocycles. The van der Waals surface area contributed by atoms with Gasteiger partial charge in [0, 0.05) is 29.4 Å². The highest BCUT2D eigenvalue weighted by atomic mass is 35.5. The predicted octanol–water partition coefficient (Wildman–Crippen LogP) is 2.68. The van der Waals surface area contributed by atoms with E-state index in [4.69, 9.17) is 11.6 Å². The van der Waals surface area contributed by atoms with Crippen LogP contribution in [0.15, 0.2) is 42.5 Å². The number of nitro benzene ring substituents is 1. The highest BCUT2D eigenvalue weighted by Crippen LogP contribution is 2.60. The molecule has 2 aromatic rings. The van der Waals surface area contributed by atoms with Crippen molar-refractivity contribution in [1.82, 2.24) is 4.90 Å². The molecule has 4 aliphatic rings. The second-order valence-electron chi connectivity index (χ2n) is 8.58. The van der Waals surface area contributed by atoms with Gasteiger partial charge >= 0.3 is 0 Å². The number of nitrogens with zero attached hydrogens (tertiary/aromatic N) is 3. The number of nitro groups is 1. The average Bonchev–Trinajstić information content (AvgIpc) is 3.47. The summed E-state index contributed by atoms with van der Waals surface area (Å²) in [5.41, 5.74) is -0.245. The van der Waals surface area contributed by atoms with Crippen LogP contribution in [0.4, 0.5) is 17.1 Å². The third-order valence-electron chi connectivity index (χ3n) is 7.28. The zero-order valence-corrected chi connectivity index (χ0v) is 17.4. The van der Waals surface area contributed by atoms with E-state index in [9.17, 15) is 24.5 Å². The first kappa shape index (κ1) is 19.4. The number of carbonyl (C=O) groups is 3. The molecule has 3 amide bonds. The normalized spacial score (nSPS) is 30.6. The number of halogens is 1. The minimum absolute atomic E-state index is 0.0170. The van der Waals surface area contributed by atoms with Crippen molar-refractivity contribution in [2.45, 2.75) is 24.4 Å². The third-order valence-corrected chi connectivity index (χ3v) is 7.60. The average molecular weight is 453 g/mol. The molecule has 9 nitrogen and oxygen atoms in total. The first-order chi connectivity index (χ1) is 15.4. The fourth-order valence-electron chi connectivity index (χ4n) is 6.18. The molecule has 1 N–H and O–H groups in total. The highest BCUT2D eigenvalue weighted by molar-refractivity contribution is 6.36. The Morgan fingerprint density at radius 1 is 1.12 bits per heavy atom. The van der Waals surface area contributed by atoms with Crippen LogP contribution in [0.5, 0.6) is 0 Å². The fourth-order valence-corrected chi connectivity index (χ4v) is 6.38. The van der Waals surface area contributed by atoms with Crippen molar-refractivity contribution in [2.75, 3.05) is 16.8 Å². The number of amides is 3. The van der Waals surface area contributed by atoms with Crippen LogP contribution in [0, 0.1) is 22.0 Å². The zero-order valence-electron chi connectivity index (χ0n) is 16.7. The Balaban J connectivity index is 1.55. The smallest absolute Gasteiger partial charge is 0.271 e. The lowest BCUT2D eigenvalue weighted by molar-refractivity contribution is -0.384. The lowest BCUT2D eigenvalue weighted by Gasteiger charge is -2.36. The molecule has 0 aromatic heterocycles. The number of non-ortho nitro benzene ring substituents is 1. The molecule has 0 saturated carbocycles. The molecule has 3 fully saturated rings. The molecule has 1 spiro atoms. The van der Waals surface area contributed by atoms with Gasteiger partial charge in [-0.2, -0.15) is 0 Å². The van der Waals surface area contributed by atoms with Gasteiger partial charge in [0.2, 0.25) is 17.7 Å². The summed E-state index contributed by atoms with van der Waals surface area (Å²) in [6, 6.07) is 10.6. The van der Waals surface area contributed by atoms with E-state index >= 15 is 0 Å². The first-order valence-electron chi connectivity index (χ1n) is 10.4. The number of fused-ring (bicyclic) bond motifs is 7. The Labute approximate surface area is 187 Å². The van der Waals surface area contributed by atoms with Crippen LogP contribution < -0.4 is 10.2 Å². The molecule has 3 saturated heterocycles. The van der Waals surface area contributed by atoms with Crippen LogP contribution in [0.25, 0.3) is 0 Å². The molecule has 32 heavy (non-hydrogen) atoms. The van der Waals surface area contributed by atoms with E-state index in [0.29, 0.717) is 24.2 Å². The second-order valence-corrected chi connectivity index (χ2v) is 8.98. The maximum Gasteiger partial charge on any atom is 0.271 e. The fraction of sp³-hybridized carbons (Fsp3) is 0.318. The molecule has 0 unspecified atom stereocenters. The van der Waals surface area contributed by atoms with Gasteiger partial charge in [0.1, 0.15) is 5.54 Å². The number of hydrogen-bond acceptors (Lipinski definition) is 6.